The molecule has 0 aliphatic carbocycles. The van der Waals surface area contributed by atoms with Crippen LogP contribution in [0.25, 0.3) is 71.7 Å². The molecular formula is C45H31N3O. The van der Waals surface area contributed by atoms with Gasteiger partial charge >= 0.3 is 0 Å². The topological polar surface area (TPSA) is 42.8 Å². The van der Waals surface area contributed by atoms with E-state index < -0.39 is 0 Å². The largest absolute Gasteiger partial charge is 0.454 e. The van der Waals surface area contributed by atoms with Crippen LogP contribution in [0.2, 0.25) is 0 Å². The zero-order valence-electron chi connectivity index (χ0n) is 26.8. The van der Waals surface area contributed by atoms with E-state index in [2.05, 4.69) is 144 Å². The lowest BCUT2D eigenvalue weighted by atomic mass is 9.98. The van der Waals surface area contributed by atoms with Gasteiger partial charge in [-0.1, -0.05) is 127 Å². The number of nitrogens with zero attached hydrogens (tertiary/aromatic N) is 3. The Balaban J connectivity index is 1.27. The van der Waals surface area contributed by atoms with Gasteiger partial charge in [-0.2, -0.15) is 0 Å². The molecule has 0 aliphatic rings. The molecule has 49 heavy (non-hydrogen) atoms. The third-order valence-corrected chi connectivity index (χ3v) is 9.34. The molecule has 4 heteroatoms. The van der Waals surface area contributed by atoms with Crippen molar-refractivity contribution < 1.29 is 4.42 Å². The van der Waals surface area contributed by atoms with Crippen LogP contribution in [0.4, 0.5) is 0 Å². The van der Waals surface area contributed by atoms with Crippen LogP contribution < -0.4 is 0 Å². The minimum atomic E-state index is 0.528. The molecule has 0 atom stereocenters. The van der Waals surface area contributed by atoms with Crippen molar-refractivity contribution in [1.29, 1.82) is 0 Å². The Bertz CT molecular complexity index is 2700. The van der Waals surface area contributed by atoms with Gasteiger partial charge in [0.2, 0.25) is 0 Å². The SMILES string of the molecule is C=NC(=NCc1ccccc1)c1cccc(-n2c3cc(-c4cccc(-c5ccccc5)c4)ccc3c3ccc4c5ccccc5oc4c32)c1. The third kappa shape index (κ3) is 5.02. The summed E-state index contributed by atoms with van der Waals surface area (Å²) in [6.45, 7) is 4.41. The first-order valence-corrected chi connectivity index (χ1v) is 16.5. The monoisotopic (exact) mass is 629 g/mol. The summed E-state index contributed by atoms with van der Waals surface area (Å²) in [5.74, 6) is 0.610. The number of benzene rings is 7. The van der Waals surface area contributed by atoms with E-state index in [1.54, 1.807) is 0 Å². The number of aliphatic imine (C=N–C) groups is 2. The lowest BCUT2D eigenvalue weighted by Crippen LogP contribution is -2.01. The highest BCUT2D eigenvalue weighted by molar-refractivity contribution is 6.21. The van der Waals surface area contributed by atoms with Crippen LogP contribution in [0.1, 0.15) is 11.1 Å². The van der Waals surface area contributed by atoms with Gasteiger partial charge in [0, 0.05) is 32.8 Å². The van der Waals surface area contributed by atoms with E-state index in [1.165, 1.54) is 11.1 Å². The second-order valence-electron chi connectivity index (χ2n) is 12.3. The molecular weight excluding hydrogens is 599 g/mol. The maximum absolute atomic E-state index is 6.65. The molecule has 0 spiro atoms. The minimum absolute atomic E-state index is 0.528. The summed E-state index contributed by atoms with van der Waals surface area (Å²) in [4.78, 5) is 9.21. The van der Waals surface area contributed by atoms with E-state index in [0.29, 0.717) is 12.4 Å². The fourth-order valence-corrected chi connectivity index (χ4v) is 7.00. The highest BCUT2D eigenvalue weighted by Gasteiger charge is 2.20. The zero-order chi connectivity index (χ0) is 32.7. The Morgan fingerprint density at radius 1 is 0.551 bits per heavy atom. The molecule has 0 fully saturated rings. The van der Waals surface area contributed by atoms with Crippen LogP contribution in [0.5, 0.6) is 0 Å². The Morgan fingerprint density at radius 2 is 1.22 bits per heavy atom. The maximum atomic E-state index is 6.65. The smallest absolute Gasteiger partial charge is 0.160 e. The van der Waals surface area contributed by atoms with Crippen LogP contribution in [-0.4, -0.2) is 17.1 Å². The first-order chi connectivity index (χ1) is 24.2. The van der Waals surface area contributed by atoms with Gasteiger partial charge in [0.1, 0.15) is 5.58 Å². The predicted molar refractivity (Wildman–Crippen MR) is 205 cm³/mol. The van der Waals surface area contributed by atoms with Gasteiger partial charge in [-0.3, -0.25) is 4.99 Å². The predicted octanol–water partition coefficient (Wildman–Crippen LogP) is 11.7. The quantitative estimate of drug-likeness (QED) is 0.133. The molecule has 2 aromatic heterocycles. The number of furan rings is 1. The first-order valence-electron chi connectivity index (χ1n) is 16.5. The lowest BCUT2D eigenvalue weighted by molar-refractivity contribution is 0.671. The van der Waals surface area contributed by atoms with E-state index in [0.717, 1.165) is 71.7 Å². The Kier molecular flexibility index (Phi) is 6.98. The van der Waals surface area contributed by atoms with Crippen molar-refractivity contribution in [3.8, 4) is 27.9 Å². The number of fused-ring (bicyclic) bond motifs is 7. The van der Waals surface area contributed by atoms with Gasteiger partial charge in [0.05, 0.1) is 17.6 Å². The first kappa shape index (κ1) is 28.7. The molecule has 0 saturated heterocycles. The van der Waals surface area contributed by atoms with Crippen molar-refractivity contribution in [2.24, 2.45) is 9.98 Å². The molecule has 0 N–H and O–H groups in total. The Morgan fingerprint density at radius 3 is 2.06 bits per heavy atom. The van der Waals surface area contributed by atoms with Gasteiger partial charge < -0.3 is 8.98 Å². The molecule has 232 valence electrons. The molecule has 0 radical (unpaired) electrons. The summed E-state index contributed by atoms with van der Waals surface area (Å²) in [5, 5.41) is 4.49. The maximum Gasteiger partial charge on any atom is 0.160 e. The summed E-state index contributed by atoms with van der Waals surface area (Å²) in [5.41, 5.74) is 11.6. The fraction of sp³-hybridized carbons (Fsp3) is 0.0222. The third-order valence-electron chi connectivity index (χ3n) is 9.34. The van der Waals surface area contributed by atoms with Crippen LogP contribution in [0.3, 0.4) is 0 Å². The molecule has 0 amide bonds. The second-order valence-corrected chi connectivity index (χ2v) is 12.3. The van der Waals surface area contributed by atoms with Crippen LogP contribution >= 0.6 is 0 Å². The summed E-state index contributed by atoms with van der Waals surface area (Å²) in [6, 6.07) is 57.4. The van der Waals surface area contributed by atoms with Crippen LogP contribution in [0.15, 0.2) is 178 Å². The molecule has 9 rings (SSSR count). The van der Waals surface area contributed by atoms with E-state index >= 15 is 0 Å². The number of para-hydroxylation sites is 1. The lowest BCUT2D eigenvalue weighted by Gasteiger charge is -2.12. The number of amidine groups is 1. The average molecular weight is 630 g/mol. The standard InChI is InChI=1S/C45H31N3O/c1-46-45(47-29-30-12-4-2-5-13-30)35-18-11-19-36(27-35)48-41-28-34(33-17-10-16-32(26-33)31-14-6-3-7-15-31)22-23-37(41)39-24-25-40-38-20-8-9-21-42(38)49-44(40)43(39)48/h2-28H,1,29H2. The van der Waals surface area contributed by atoms with Crippen LogP contribution in [-0.2, 0) is 6.54 Å². The summed E-state index contributed by atoms with van der Waals surface area (Å²) >= 11 is 0. The summed E-state index contributed by atoms with van der Waals surface area (Å²) in [6.07, 6.45) is 0. The van der Waals surface area contributed by atoms with Crippen molar-refractivity contribution >= 4 is 56.3 Å². The molecule has 0 saturated carbocycles. The molecule has 0 unspecified atom stereocenters. The van der Waals surface area contributed by atoms with Gasteiger partial charge in [-0.15, -0.1) is 0 Å². The van der Waals surface area contributed by atoms with Crippen molar-refractivity contribution in [2.45, 2.75) is 6.54 Å². The van der Waals surface area contributed by atoms with Crippen molar-refractivity contribution in [3.63, 3.8) is 0 Å². The number of hydrogen-bond donors (Lipinski definition) is 0. The molecule has 4 nitrogen and oxygen atoms in total. The fourth-order valence-electron chi connectivity index (χ4n) is 7.00. The molecule has 0 aliphatic heterocycles. The van der Waals surface area contributed by atoms with E-state index in [-0.39, 0.29) is 0 Å². The zero-order valence-corrected chi connectivity index (χ0v) is 26.8. The summed E-state index contributed by atoms with van der Waals surface area (Å²) < 4.78 is 8.99. The van der Waals surface area contributed by atoms with Gasteiger partial charge in [0.15, 0.2) is 11.4 Å². The van der Waals surface area contributed by atoms with Crippen LogP contribution in [0, 0.1) is 0 Å². The van der Waals surface area contributed by atoms with E-state index in [9.17, 15) is 0 Å². The summed E-state index contributed by atoms with van der Waals surface area (Å²) in [7, 11) is 0. The number of rotatable bonds is 6. The van der Waals surface area contributed by atoms with Crippen molar-refractivity contribution in [2.75, 3.05) is 0 Å². The molecule has 2 heterocycles. The Hall–Kier alpha value is -6.52. The van der Waals surface area contributed by atoms with Gasteiger partial charge in [0.25, 0.3) is 0 Å². The highest BCUT2D eigenvalue weighted by Crippen LogP contribution is 2.41. The second kappa shape index (κ2) is 11.9. The minimum Gasteiger partial charge on any atom is -0.454 e. The molecule has 7 aromatic carbocycles. The average Bonchev–Trinajstić information content (AvgIpc) is 3.72. The number of aromatic nitrogens is 1. The van der Waals surface area contributed by atoms with Crippen molar-refractivity contribution in [3.05, 3.63) is 175 Å². The van der Waals surface area contributed by atoms with Crippen molar-refractivity contribution in [1.82, 2.24) is 4.57 Å². The number of hydrogen-bond acceptors (Lipinski definition) is 2. The van der Waals surface area contributed by atoms with E-state index in [1.807, 2.05) is 36.4 Å². The molecule has 9 aromatic rings. The molecule has 0 bridgehead atoms. The Labute approximate surface area is 283 Å². The normalized spacial score (nSPS) is 12.0. The van der Waals surface area contributed by atoms with Gasteiger partial charge in [-0.25, -0.2) is 4.99 Å². The van der Waals surface area contributed by atoms with Gasteiger partial charge in [-0.05, 0) is 70.9 Å². The van der Waals surface area contributed by atoms with E-state index in [4.69, 9.17) is 9.41 Å². The highest BCUT2D eigenvalue weighted by atomic mass is 16.3.